The first-order chi connectivity index (χ1) is 15.4. The fraction of sp³-hybridized carbons (Fsp3) is 0.136. The summed E-state index contributed by atoms with van der Waals surface area (Å²) in [5, 5.41) is 7.55. The Labute approximate surface area is 185 Å². The number of carbonyl (C=O) groups excluding carboxylic acids is 2. The van der Waals surface area contributed by atoms with Gasteiger partial charge in [-0.05, 0) is 19.1 Å². The van der Waals surface area contributed by atoms with Crippen LogP contribution in [0, 0.1) is 0 Å². The molecular formula is C22H18N4O5S. The van der Waals surface area contributed by atoms with E-state index in [0.29, 0.717) is 5.13 Å². The second kappa shape index (κ2) is 8.98. The van der Waals surface area contributed by atoms with Crippen molar-refractivity contribution in [1.29, 1.82) is 0 Å². The standard InChI is InChI=1S/C22H18N4O5S/c1-13(19(28)24-22-23-17(12-32-22)14-7-3-2-4-8-14)31-18(27)11-26-21(30)16-10-6-5-9-15(16)20(29)25-26/h2-10,12-13H,11H2,1H3,(H,25,29)(H,23,24,28). The molecule has 0 radical (unpaired) electrons. The second-order valence-electron chi connectivity index (χ2n) is 6.90. The molecule has 2 N–H and O–H groups in total. The van der Waals surface area contributed by atoms with Gasteiger partial charge in [-0.1, -0.05) is 42.5 Å². The molecule has 0 bridgehead atoms. The molecule has 2 aromatic heterocycles. The number of hydrogen-bond donors (Lipinski definition) is 2. The zero-order valence-electron chi connectivity index (χ0n) is 16.9. The minimum absolute atomic E-state index is 0.188. The Balaban J connectivity index is 1.40. The monoisotopic (exact) mass is 450 g/mol. The van der Waals surface area contributed by atoms with Crippen LogP contribution >= 0.6 is 11.3 Å². The van der Waals surface area contributed by atoms with E-state index in [-0.39, 0.29) is 10.8 Å². The molecule has 0 spiro atoms. The maximum absolute atomic E-state index is 12.5. The number of amides is 1. The summed E-state index contributed by atoms with van der Waals surface area (Å²) in [5.74, 6) is -1.41. The van der Waals surface area contributed by atoms with Gasteiger partial charge in [0.05, 0.1) is 16.5 Å². The molecule has 0 aliphatic carbocycles. The van der Waals surface area contributed by atoms with E-state index in [1.807, 2.05) is 35.7 Å². The van der Waals surface area contributed by atoms with Gasteiger partial charge < -0.3 is 4.74 Å². The number of anilines is 1. The third kappa shape index (κ3) is 4.49. The molecular weight excluding hydrogens is 432 g/mol. The first-order valence-electron chi connectivity index (χ1n) is 9.65. The predicted molar refractivity (Wildman–Crippen MR) is 121 cm³/mol. The molecule has 1 unspecified atom stereocenters. The van der Waals surface area contributed by atoms with Gasteiger partial charge in [0.15, 0.2) is 11.2 Å². The molecule has 0 aliphatic heterocycles. The maximum atomic E-state index is 12.5. The van der Waals surface area contributed by atoms with Gasteiger partial charge in [0.1, 0.15) is 6.54 Å². The average molecular weight is 450 g/mol. The summed E-state index contributed by atoms with van der Waals surface area (Å²) in [6, 6.07) is 15.8. The number of hydrogen-bond acceptors (Lipinski definition) is 7. The molecule has 32 heavy (non-hydrogen) atoms. The lowest BCUT2D eigenvalue weighted by Gasteiger charge is -2.13. The van der Waals surface area contributed by atoms with Crippen LogP contribution in [-0.4, -0.2) is 32.7 Å². The summed E-state index contributed by atoms with van der Waals surface area (Å²) in [7, 11) is 0. The highest BCUT2D eigenvalue weighted by Gasteiger charge is 2.20. The van der Waals surface area contributed by atoms with Gasteiger partial charge in [-0.25, -0.2) is 9.67 Å². The van der Waals surface area contributed by atoms with Crippen LogP contribution in [-0.2, 0) is 20.9 Å². The number of nitrogens with one attached hydrogen (secondary N) is 2. The van der Waals surface area contributed by atoms with Gasteiger partial charge in [-0.3, -0.25) is 29.6 Å². The number of thiazole rings is 1. The van der Waals surface area contributed by atoms with E-state index in [1.54, 1.807) is 12.1 Å². The smallest absolute Gasteiger partial charge is 0.328 e. The van der Waals surface area contributed by atoms with Crippen molar-refractivity contribution in [1.82, 2.24) is 14.8 Å². The highest BCUT2D eigenvalue weighted by molar-refractivity contribution is 7.14. The van der Waals surface area contributed by atoms with Crippen molar-refractivity contribution in [2.75, 3.05) is 5.32 Å². The third-order valence-corrected chi connectivity index (χ3v) is 5.41. The van der Waals surface area contributed by atoms with Crippen molar-refractivity contribution in [2.24, 2.45) is 0 Å². The molecule has 9 nitrogen and oxygen atoms in total. The van der Waals surface area contributed by atoms with Crippen molar-refractivity contribution in [2.45, 2.75) is 19.6 Å². The van der Waals surface area contributed by atoms with Crippen LogP contribution in [0.1, 0.15) is 6.92 Å². The van der Waals surface area contributed by atoms with Crippen LogP contribution in [0.25, 0.3) is 22.0 Å². The summed E-state index contributed by atoms with van der Waals surface area (Å²) < 4.78 is 6.00. The molecule has 4 rings (SSSR count). The second-order valence-corrected chi connectivity index (χ2v) is 7.76. The molecule has 1 amide bonds. The Morgan fingerprint density at radius 3 is 2.53 bits per heavy atom. The largest absolute Gasteiger partial charge is 0.451 e. The van der Waals surface area contributed by atoms with Crippen LogP contribution in [0.3, 0.4) is 0 Å². The lowest BCUT2D eigenvalue weighted by molar-refractivity contribution is -0.154. The number of aromatic amines is 1. The number of H-pyrrole nitrogens is 1. The van der Waals surface area contributed by atoms with Gasteiger partial charge in [-0.2, -0.15) is 0 Å². The summed E-state index contributed by atoms with van der Waals surface area (Å²) in [4.78, 5) is 53.7. The Kier molecular flexibility index (Phi) is 5.95. The minimum atomic E-state index is -1.13. The van der Waals surface area contributed by atoms with Gasteiger partial charge in [0.25, 0.3) is 17.0 Å². The Morgan fingerprint density at radius 2 is 1.78 bits per heavy atom. The average Bonchev–Trinajstić information content (AvgIpc) is 3.26. The highest BCUT2D eigenvalue weighted by Crippen LogP contribution is 2.24. The molecule has 10 heteroatoms. The predicted octanol–water partition coefficient (Wildman–Crippen LogP) is 2.38. The van der Waals surface area contributed by atoms with E-state index in [0.717, 1.165) is 15.9 Å². The van der Waals surface area contributed by atoms with E-state index >= 15 is 0 Å². The fourth-order valence-electron chi connectivity index (χ4n) is 3.05. The van der Waals surface area contributed by atoms with E-state index in [2.05, 4.69) is 15.4 Å². The van der Waals surface area contributed by atoms with Crippen molar-refractivity contribution in [3.63, 3.8) is 0 Å². The molecule has 0 aliphatic rings. The molecule has 0 saturated heterocycles. The summed E-state index contributed by atoms with van der Waals surface area (Å²) >= 11 is 1.25. The summed E-state index contributed by atoms with van der Waals surface area (Å²) in [6.07, 6.45) is -1.13. The Hall–Kier alpha value is -4.05. The topological polar surface area (TPSA) is 123 Å². The van der Waals surface area contributed by atoms with Crippen LogP contribution < -0.4 is 16.4 Å². The normalized spacial score (nSPS) is 11.8. The molecule has 2 heterocycles. The van der Waals surface area contributed by atoms with Gasteiger partial charge in [-0.15, -0.1) is 11.3 Å². The molecule has 0 saturated carbocycles. The molecule has 0 fully saturated rings. The Bertz CT molecular complexity index is 1410. The number of fused-ring (bicyclic) bond motifs is 1. The van der Waals surface area contributed by atoms with Gasteiger partial charge in [0, 0.05) is 10.9 Å². The summed E-state index contributed by atoms with van der Waals surface area (Å²) in [6.45, 7) is 0.872. The minimum Gasteiger partial charge on any atom is -0.451 e. The fourth-order valence-corrected chi connectivity index (χ4v) is 3.78. The van der Waals surface area contributed by atoms with Crippen molar-refractivity contribution >= 4 is 39.1 Å². The zero-order valence-corrected chi connectivity index (χ0v) is 17.7. The summed E-state index contributed by atoms with van der Waals surface area (Å²) in [5.41, 5.74) is 0.594. The number of nitrogens with zero attached hydrogens (tertiary/aromatic N) is 2. The number of benzene rings is 2. The lowest BCUT2D eigenvalue weighted by atomic mass is 10.2. The number of carbonyl (C=O) groups is 2. The van der Waals surface area contributed by atoms with E-state index in [1.165, 1.54) is 30.4 Å². The number of esters is 1. The van der Waals surface area contributed by atoms with Gasteiger partial charge in [0.2, 0.25) is 0 Å². The SMILES string of the molecule is CC(OC(=O)Cn1[nH]c(=O)c2ccccc2c1=O)C(=O)Nc1nc(-c2ccccc2)cs1. The van der Waals surface area contributed by atoms with Crippen LogP contribution in [0.5, 0.6) is 0 Å². The van der Waals surface area contributed by atoms with Gasteiger partial charge >= 0.3 is 5.97 Å². The first-order valence-corrected chi connectivity index (χ1v) is 10.5. The molecule has 1 atom stereocenters. The molecule has 2 aromatic carbocycles. The van der Waals surface area contributed by atoms with Crippen LogP contribution in [0.4, 0.5) is 5.13 Å². The number of aromatic nitrogens is 3. The van der Waals surface area contributed by atoms with E-state index in [4.69, 9.17) is 4.74 Å². The van der Waals surface area contributed by atoms with Crippen molar-refractivity contribution in [3.05, 3.63) is 80.7 Å². The van der Waals surface area contributed by atoms with Crippen LogP contribution in [0.15, 0.2) is 69.6 Å². The Morgan fingerprint density at radius 1 is 1.09 bits per heavy atom. The van der Waals surface area contributed by atoms with Crippen LogP contribution in [0.2, 0.25) is 0 Å². The number of rotatable bonds is 6. The lowest BCUT2D eigenvalue weighted by Crippen LogP contribution is -2.35. The highest BCUT2D eigenvalue weighted by atomic mass is 32.1. The first kappa shape index (κ1) is 21.2. The quantitative estimate of drug-likeness (QED) is 0.435. The molecule has 162 valence electrons. The zero-order chi connectivity index (χ0) is 22.7. The van der Waals surface area contributed by atoms with E-state index in [9.17, 15) is 19.2 Å². The van der Waals surface area contributed by atoms with E-state index < -0.39 is 35.6 Å². The number of ether oxygens (including phenoxy) is 1. The van der Waals surface area contributed by atoms with Crippen molar-refractivity contribution < 1.29 is 14.3 Å². The third-order valence-electron chi connectivity index (χ3n) is 4.65. The molecule has 4 aromatic rings. The maximum Gasteiger partial charge on any atom is 0.328 e. The van der Waals surface area contributed by atoms with Crippen molar-refractivity contribution in [3.8, 4) is 11.3 Å².